The number of nitrogens with zero attached hydrogens (tertiary/aromatic N) is 1. The van der Waals surface area contributed by atoms with Crippen LogP contribution in [0.15, 0.2) is 0 Å². The third-order valence-corrected chi connectivity index (χ3v) is 4.32. The van der Waals surface area contributed by atoms with Gasteiger partial charge in [0.05, 0.1) is 0 Å². The van der Waals surface area contributed by atoms with Gasteiger partial charge in [-0.2, -0.15) is 0 Å². The molecule has 1 saturated heterocycles. The number of amides is 3. The van der Waals surface area contributed by atoms with Gasteiger partial charge in [-0.1, -0.05) is 41.0 Å². The number of carbonyl (C=O) groups is 3. The minimum absolute atomic E-state index is 0.0886. The van der Waals surface area contributed by atoms with Crippen molar-refractivity contribution in [1.82, 2.24) is 10.2 Å². The lowest BCUT2D eigenvalue weighted by Crippen LogP contribution is -2.35. The predicted octanol–water partition coefficient (Wildman–Crippen LogP) is 2.74. The van der Waals surface area contributed by atoms with Crippen LogP contribution in [0.25, 0.3) is 0 Å². The quantitative estimate of drug-likeness (QED) is 0.551. The Bertz CT molecular complexity index is 438. The molecule has 1 atom stereocenters. The Morgan fingerprint density at radius 3 is 2.43 bits per heavy atom. The summed E-state index contributed by atoms with van der Waals surface area (Å²) in [5.41, 5.74) is 0.327. The van der Waals surface area contributed by atoms with E-state index in [-0.39, 0.29) is 48.9 Å². The average molecular weight is 324 g/mol. The van der Waals surface area contributed by atoms with E-state index in [0.29, 0.717) is 12.0 Å². The zero-order valence-corrected chi connectivity index (χ0v) is 15.3. The maximum Gasteiger partial charge on any atom is 0.233 e. The van der Waals surface area contributed by atoms with Gasteiger partial charge < -0.3 is 5.32 Å². The van der Waals surface area contributed by atoms with Crippen LogP contribution in [0.2, 0.25) is 0 Å². The van der Waals surface area contributed by atoms with Gasteiger partial charge in [-0.3, -0.25) is 19.3 Å². The van der Waals surface area contributed by atoms with Crippen LogP contribution in [0.3, 0.4) is 0 Å². The highest BCUT2D eigenvalue weighted by atomic mass is 16.2. The molecule has 0 aromatic heterocycles. The fourth-order valence-corrected chi connectivity index (χ4v) is 2.77. The zero-order valence-electron chi connectivity index (χ0n) is 15.3. The molecule has 1 heterocycles. The summed E-state index contributed by atoms with van der Waals surface area (Å²) in [5, 5.41) is 2.87. The highest BCUT2D eigenvalue weighted by Crippen LogP contribution is 2.26. The Hall–Kier alpha value is -1.39. The fraction of sp³-hybridized carbons (Fsp3) is 0.833. The lowest BCUT2D eigenvalue weighted by atomic mass is 9.90. The number of unbranched alkanes of at least 4 members (excludes halogenated alkanes) is 1. The van der Waals surface area contributed by atoms with Crippen molar-refractivity contribution in [3.63, 3.8) is 0 Å². The molecule has 5 nitrogen and oxygen atoms in total. The molecule has 0 saturated carbocycles. The van der Waals surface area contributed by atoms with Crippen LogP contribution in [0.1, 0.15) is 66.7 Å². The molecule has 0 bridgehead atoms. The summed E-state index contributed by atoms with van der Waals surface area (Å²) in [6, 6.07) is 0. The number of nitrogens with one attached hydrogen (secondary N) is 1. The molecule has 0 aliphatic carbocycles. The normalized spacial score (nSPS) is 18.9. The van der Waals surface area contributed by atoms with Gasteiger partial charge in [-0.25, -0.2) is 0 Å². The molecule has 132 valence electrons. The van der Waals surface area contributed by atoms with Crippen LogP contribution in [-0.4, -0.2) is 35.7 Å². The number of likely N-dealkylation sites (tertiary alicyclic amines) is 1. The third-order valence-electron chi connectivity index (χ3n) is 4.32. The number of rotatable bonds is 8. The molecule has 23 heavy (non-hydrogen) atoms. The first kappa shape index (κ1) is 19.7. The Kier molecular flexibility index (Phi) is 7.23. The second kappa shape index (κ2) is 8.46. The molecule has 0 aromatic rings. The van der Waals surface area contributed by atoms with Crippen LogP contribution in [-0.2, 0) is 14.4 Å². The van der Waals surface area contributed by atoms with Gasteiger partial charge in [0, 0.05) is 31.8 Å². The topological polar surface area (TPSA) is 66.5 Å². The first-order chi connectivity index (χ1) is 10.6. The van der Waals surface area contributed by atoms with Gasteiger partial charge in [0.2, 0.25) is 17.7 Å². The van der Waals surface area contributed by atoms with Crippen molar-refractivity contribution < 1.29 is 14.4 Å². The molecule has 1 fully saturated rings. The van der Waals surface area contributed by atoms with E-state index in [4.69, 9.17) is 0 Å². The summed E-state index contributed by atoms with van der Waals surface area (Å²) in [5.74, 6) is -0.417. The highest BCUT2D eigenvalue weighted by molar-refractivity contribution is 6.03. The van der Waals surface area contributed by atoms with E-state index in [1.807, 2.05) is 13.8 Å². The second-order valence-corrected chi connectivity index (χ2v) is 8.06. The van der Waals surface area contributed by atoms with E-state index in [2.05, 4.69) is 26.1 Å². The standard InChI is InChI=1S/C18H32N2O3/c1-13(2)14-12-16(22)20(17(14)23)11-8-15(21)19-10-7-6-9-18(3,4)5/h13-14H,6-12H2,1-5H3,(H,19,21). The van der Waals surface area contributed by atoms with E-state index in [1.54, 1.807) is 0 Å². The Morgan fingerprint density at radius 2 is 1.91 bits per heavy atom. The molecule has 1 unspecified atom stereocenters. The SMILES string of the molecule is CC(C)C1CC(=O)N(CCC(=O)NCCCCC(C)(C)C)C1=O. The summed E-state index contributed by atoms with van der Waals surface area (Å²) >= 11 is 0. The first-order valence-corrected chi connectivity index (χ1v) is 8.72. The van der Waals surface area contributed by atoms with E-state index >= 15 is 0 Å². The number of carbonyl (C=O) groups excluding carboxylic acids is 3. The molecule has 3 amide bonds. The third kappa shape index (κ3) is 6.71. The molecule has 0 radical (unpaired) electrons. The summed E-state index contributed by atoms with van der Waals surface area (Å²) in [6.45, 7) is 11.4. The lowest BCUT2D eigenvalue weighted by Gasteiger charge is -2.18. The molecule has 5 heteroatoms. The number of hydrogen-bond donors (Lipinski definition) is 1. The van der Waals surface area contributed by atoms with Crippen molar-refractivity contribution in [3.05, 3.63) is 0 Å². The van der Waals surface area contributed by atoms with E-state index in [0.717, 1.165) is 19.3 Å². The molecular weight excluding hydrogens is 292 g/mol. The van der Waals surface area contributed by atoms with Gasteiger partial charge in [0.1, 0.15) is 0 Å². The van der Waals surface area contributed by atoms with Crippen molar-refractivity contribution in [1.29, 1.82) is 0 Å². The molecule has 1 N–H and O–H groups in total. The number of hydrogen-bond acceptors (Lipinski definition) is 3. The van der Waals surface area contributed by atoms with Gasteiger partial charge in [-0.15, -0.1) is 0 Å². The summed E-state index contributed by atoms with van der Waals surface area (Å²) in [6.07, 6.45) is 3.66. The van der Waals surface area contributed by atoms with Gasteiger partial charge in [0.15, 0.2) is 0 Å². The zero-order chi connectivity index (χ0) is 17.6. The van der Waals surface area contributed by atoms with Crippen LogP contribution in [0, 0.1) is 17.3 Å². The van der Waals surface area contributed by atoms with Crippen molar-refractivity contribution in [2.75, 3.05) is 13.1 Å². The van der Waals surface area contributed by atoms with E-state index in [1.165, 1.54) is 4.90 Å². The minimum Gasteiger partial charge on any atom is -0.356 e. The Morgan fingerprint density at radius 1 is 1.26 bits per heavy atom. The van der Waals surface area contributed by atoms with Crippen molar-refractivity contribution in [2.24, 2.45) is 17.3 Å². The smallest absolute Gasteiger partial charge is 0.233 e. The second-order valence-electron chi connectivity index (χ2n) is 8.06. The van der Waals surface area contributed by atoms with Crippen LogP contribution in [0.4, 0.5) is 0 Å². The molecule has 1 aliphatic heterocycles. The molecular formula is C18H32N2O3. The molecule has 1 rings (SSSR count). The highest BCUT2D eigenvalue weighted by Gasteiger charge is 2.39. The molecule has 0 spiro atoms. The Balaban J connectivity index is 2.23. The van der Waals surface area contributed by atoms with Gasteiger partial charge in [-0.05, 0) is 24.2 Å². The van der Waals surface area contributed by atoms with Crippen LogP contribution >= 0.6 is 0 Å². The summed E-state index contributed by atoms with van der Waals surface area (Å²) in [7, 11) is 0. The Labute approximate surface area is 140 Å². The first-order valence-electron chi connectivity index (χ1n) is 8.72. The maximum atomic E-state index is 12.1. The summed E-state index contributed by atoms with van der Waals surface area (Å²) in [4.78, 5) is 37.1. The lowest BCUT2D eigenvalue weighted by molar-refractivity contribution is -0.140. The summed E-state index contributed by atoms with van der Waals surface area (Å²) < 4.78 is 0. The van der Waals surface area contributed by atoms with Crippen LogP contribution in [0.5, 0.6) is 0 Å². The fourth-order valence-electron chi connectivity index (χ4n) is 2.77. The van der Waals surface area contributed by atoms with Gasteiger partial charge >= 0.3 is 0 Å². The number of imide groups is 1. The van der Waals surface area contributed by atoms with Crippen molar-refractivity contribution in [3.8, 4) is 0 Å². The maximum absolute atomic E-state index is 12.1. The van der Waals surface area contributed by atoms with Crippen molar-refractivity contribution >= 4 is 17.7 Å². The molecule has 1 aliphatic rings. The predicted molar refractivity (Wildman–Crippen MR) is 90.6 cm³/mol. The average Bonchev–Trinajstić information content (AvgIpc) is 2.70. The van der Waals surface area contributed by atoms with Crippen molar-refractivity contribution in [2.45, 2.75) is 66.7 Å². The monoisotopic (exact) mass is 324 g/mol. The van der Waals surface area contributed by atoms with Gasteiger partial charge in [0.25, 0.3) is 0 Å². The van der Waals surface area contributed by atoms with E-state index in [9.17, 15) is 14.4 Å². The van der Waals surface area contributed by atoms with Crippen LogP contribution < -0.4 is 5.32 Å². The minimum atomic E-state index is -0.219. The molecule has 0 aromatic carbocycles. The largest absolute Gasteiger partial charge is 0.356 e. The van der Waals surface area contributed by atoms with E-state index < -0.39 is 0 Å².